The van der Waals surface area contributed by atoms with E-state index >= 15 is 0 Å². The number of sulfonamides is 1. The maximum atomic E-state index is 12.6. The average molecular weight is 282 g/mol. The molecule has 19 heavy (non-hydrogen) atoms. The Kier molecular flexibility index (Phi) is 4.60. The topological polar surface area (TPSA) is 49.4 Å². The Morgan fingerprint density at radius 1 is 1.32 bits per heavy atom. The van der Waals surface area contributed by atoms with Crippen LogP contribution in [0, 0.1) is 0 Å². The summed E-state index contributed by atoms with van der Waals surface area (Å²) in [6.45, 7) is 3.41. The molecule has 0 aliphatic carbocycles. The van der Waals surface area contributed by atoms with E-state index in [9.17, 15) is 8.42 Å². The molecule has 0 radical (unpaired) electrons. The highest BCUT2D eigenvalue weighted by molar-refractivity contribution is 7.89. The summed E-state index contributed by atoms with van der Waals surface area (Å²) in [5.74, 6) is 0. The zero-order chi connectivity index (χ0) is 13.9. The van der Waals surface area contributed by atoms with E-state index in [1.165, 1.54) is 0 Å². The molecule has 1 aromatic rings. The third kappa shape index (κ3) is 2.99. The summed E-state index contributed by atoms with van der Waals surface area (Å²) in [7, 11) is -1.48. The highest BCUT2D eigenvalue weighted by Crippen LogP contribution is 2.25. The predicted octanol–water partition coefficient (Wildman–Crippen LogP) is 1.62. The zero-order valence-electron chi connectivity index (χ0n) is 11.6. The Hall–Kier alpha value is -0.910. The third-order valence-electron chi connectivity index (χ3n) is 3.70. The van der Waals surface area contributed by atoms with Crippen LogP contribution in [0.5, 0.6) is 0 Å². The maximum absolute atomic E-state index is 12.6. The lowest BCUT2D eigenvalue weighted by Gasteiger charge is -2.24. The fourth-order valence-corrected chi connectivity index (χ4v) is 4.29. The minimum absolute atomic E-state index is 0.0841. The van der Waals surface area contributed by atoms with Crippen molar-refractivity contribution >= 4 is 10.0 Å². The van der Waals surface area contributed by atoms with Crippen molar-refractivity contribution in [3.8, 4) is 0 Å². The van der Waals surface area contributed by atoms with E-state index in [0.717, 1.165) is 24.8 Å². The van der Waals surface area contributed by atoms with Crippen molar-refractivity contribution in [1.82, 2.24) is 9.62 Å². The van der Waals surface area contributed by atoms with E-state index < -0.39 is 10.0 Å². The van der Waals surface area contributed by atoms with Crippen molar-refractivity contribution in [3.63, 3.8) is 0 Å². The molecule has 1 heterocycles. The summed E-state index contributed by atoms with van der Waals surface area (Å²) in [5.41, 5.74) is 1.16. The normalized spacial score (nSPS) is 20.8. The maximum Gasteiger partial charge on any atom is 0.243 e. The molecule has 5 heteroatoms. The van der Waals surface area contributed by atoms with Gasteiger partial charge in [-0.1, -0.05) is 19.1 Å². The van der Waals surface area contributed by atoms with E-state index in [0.29, 0.717) is 18.0 Å². The summed E-state index contributed by atoms with van der Waals surface area (Å²) < 4.78 is 26.9. The molecule has 4 nitrogen and oxygen atoms in total. The van der Waals surface area contributed by atoms with E-state index in [1.807, 2.05) is 19.2 Å². The van der Waals surface area contributed by atoms with Crippen LogP contribution in [-0.2, 0) is 16.4 Å². The first-order chi connectivity index (χ1) is 9.09. The molecule has 0 spiro atoms. The van der Waals surface area contributed by atoms with Gasteiger partial charge >= 0.3 is 0 Å². The lowest BCUT2D eigenvalue weighted by atomic mass is 10.2. The number of likely N-dealkylation sites (N-methyl/N-ethyl adjacent to an activating group) is 1. The fraction of sp³-hybridized carbons (Fsp3) is 0.571. The minimum atomic E-state index is -3.34. The smallest absolute Gasteiger partial charge is 0.243 e. The average Bonchev–Trinajstić information content (AvgIpc) is 2.88. The second kappa shape index (κ2) is 6.03. The van der Waals surface area contributed by atoms with Crippen LogP contribution < -0.4 is 5.32 Å². The number of nitrogens with one attached hydrogen (secondary N) is 1. The molecule has 1 saturated heterocycles. The summed E-state index contributed by atoms with van der Waals surface area (Å²) in [6, 6.07) is 7.33. The van der Waals surface area contributed by atoms with Crippen LogP contribution in [0.3, 0.4) is 0 Å². The molecule has 0 saturated carbocycles. The van der Waals surface area contributed by atoms with Gasteiger partial charge in [-0.25, -0.2) is 8.42 Å². The Morgan fingerprint density at radius 2 is 2.00 bits per heavy atom. The van der Waals surface area contributed by atoms with Gasteiger partial charge < -0.3 is 5.32 Å². The van der Waals surface area contributed by atoms with E-state index in [4.69, 9.17) is 0 Å². The fourth-order valence-electron chi connectivity index (χ4n) is 2.60. The van der Waals surface area contributed by atoms with Crippen LogP contribution in [0.25, 0.3) is 0 Å². The predicted molar refractivity (Wildman–Crippen MR) is 76.7 cm³/mol. The first-order valence-electron chi connectivity index (χ1n) is 6.85. The molecular weight excluding hydrogens is 260 g/mol. The van der Waals surface area contributed by atoms with Gasteiger partial charge in [-0.05, 0) is 44.0 Å². The molecule has 0 bridgehead atoms. The molecular formula is C14H22N2O2S. The molecule has 0 aromatic heterocycles. The Balaban J connectivity index is 2.25. The van der Waals surface area contributed by atoms with E-state index in [1.54, 1.807) is 16.4 Å². The molecule has 106 valence electrons. The van der Waals surface area contributed by atoms with Crippen molar-refractivity contribution in [3.05, 3.63) is 29.8 Å². The van der Waals surface area contributed by atoms with Crippen molar-refractivity contribution in [1.29, 1.82) is 0 Å². The van der Waals surface area contributed by atoms with Gasteiger partial charge in [0.1, 0.15) is 0 Å². The first kappa shape index (κ1) is 14.5. The molecule has 1 fully saturated rings. The van der Waals surface area contributed by atoms with Crippen molar-refractivity contribution < 1.29 is 8.42 Å². The highest BCUT2D eigenvalue weighted by Gasteiger charge is 2.34. The lowest BCUT2D eigenvalue weighted by Crippen LogP contribution is -2.40. The molecule has 1 aliphatic heterocycles. The van der Waals surface area contributed by atoms with Crippen LogP contribution in [0.1, 0.15) is 25.3 Å². The number of rotatable bonds is 5. The molecule has 1 unspecified atom stereocenters. The molecule has 1 atom stereocenters. The van der Waals surface area contributed by atoms with Crippen molar-refractivity contribution in [2.24, 2.45) is 0 Å². The Labute approximate surface area is 115 Å². The summed E-state index contributed by atoms with van der Waals surface area (Å²) >= 11 is 0. The van der Waals surface area contributed by atoms with Gasteiger partial charge in [-0.2, -0.15) is 4.31 Å². The lowest BCUT2D eigenvalue weighted by molar-refractivity contribution is 0.379. The van der Waals surface area contributed by atoms with Gasteiger partial charge in [0.05, 0.1) is 4.90 Å². The number of nitrogens with zero attached hydrogens (tertiary/aromatic N) is 1. The largest absolute Gasteiger partial charge is 0.318 e. The second-order valence-corrected chi connectivity index (χ2v) is 6.86. The monoisotopic (exact) mass is 282 g/mol. The number of hydrogen-bond acceptors (Lipinski definition) is 3. The second-order valence-electron chi connectivity index (χ2n) is 4.97. The van der Waals surface area contributed by atoms with Gasteiger partial charge in [0, 0.05) is 19.1 Å². The SMILES string of the molecule is CCc1ccc(S(=O)(=O)N2CCCC2CNC)cc1. The van der Waals surface area contributed by atoms with Gasteiger partial charge in [-0.15, -0.1) is 0 Å². The van der Waals surface area contributed by atoms with Gasteiger partial charge in [-0.3, -0.25) is 0 Å². The van der Waals surface area contributed by atoms with Crippen LogP contribution in [0.15, 0.2) is 29.2 Å². The molecule has 2 rings (SSSR count). The molecule has 1 aliphatic rings. The Morgan fingerprint density at radius 3 is 2.58 bits per heavy atom. The van der Waals surface area contributed by atoms with Crippen molar-refractivity contribution in [2.45, 2.75) is 37.1 Å². The summed E-state index contributed by atoms with van der Waals surface area (Å²) in [6.07, 6.45) is 2.80. The number of hydrogen-bond donors (Lipinski definition) is 1. The van der Waals surface area contributed by atoms with Crippen LogP contribution in [-0.4, -0.2) is 38.9 Å². The van der Waals surface area contributed by atoms with Crippen LogP contribution >= 0.6 is 0 Å². The van der Waals surface area contributed by atoms with Crippen LogP contribution in [0.4, 0.5) is 0 Å². The molecule has 1 N–H and O–H groups in total. The highest BCUT2D eigenvalue weighted by atomic mass is 32.2. The molecule has 0 amide bonds. The first-order valence-corrected chi connectivity index (χ1v) is 8.29. The summed E-state index contributed by atoms with van der Waals surface area (Å²) in [4.78, 5) is 0.410. The standard InChI is InChI=1S/C14H22N2O2S/c1-3-12-6-8-14(9-7-12)19(17,18)16-10-4-5-13(16)11-15-2/h6-9,13,15H,3-5,10-11H2,1-2H3. The Bertz CT molecular complexity index is 511. The minimum Gasteiger partial charge on any atom is -0.318 e. The van der Waals surface area contributed by atoms with E-state index in [2.05, 4.69) is 12.2 Å². The quantitative estimate of drug-likeness (QED) is 0.893. The third-order valence-corrected chi connectivity index (χ3v) is 5.67. The number of benzene rings is 1. The molecule has 1 aromatic carbocycles. The van der Waals surface area contributed by atoms with Crippen LogP contribution in [0.2, 0.25) is 0 Å². The zero-order valence-corrected chi connectivity index (χ0v) is 12.4. The van der Waals surface area contributed by atoms with Gasteiger partial charge in [0.15, 0.2) is 0 Å². The summed E-state index contributed by atoms with van der Waals surface area (Å²) in [5, 5.41) is 3.08. The van der Waals surface area contributed by atoms with Gasteiger partial charge in [0.2, 0.25) is 10.0 Å². The van der Waals surface area contributed by atoms with Crippen molar-refractivity contribution in [2.75, 3.05) is 20.1 Å². The number of aryl methyl sites for hydroxylation is 1. The van der Waals surface area contributed by atoms with E-state index in [-0.39, 0.29) is 6.04 Å². The van der Waals surface area contributed by atoms with Gasteiger partial charge in [0.25, 0.3) is 0 Å².